The summed E-state index contributed by atoms with van der Waals surface area (Å²) in [7, 11) is 0. The van der Waals surface area contributed by atoms with Gasteiger partial charge in [0, 0.05) is 12.7 Å². The number of nitrogens with zero attached hydrogens (tertiary/aromatic N) is 1. The molecule has 0 spiro atoms. The summed E-state index contributed by atoms with van der Waals surface area (Å²) >= 11 is 1.72. The second kappa shape index (κ2) is 7.54. The molecule has 2 amide bonds. The lowest BCUT2D eigenvalue weighted by Gasteiger charge is -2.07. The van der Waals surface area contributed by atoms with Crippen LogP contribution in [0.3, 0.4) is 0 Å². The SMILES string of the molecule is CSCCCNC(=O)Nc1cncc(C(=O)O)c1. The Morgan fingerprint density at radius 3 is 2.89 bits per heavy atom. The number of urea groups is 1. The minimum absolute atomic E-state index is 0.0372. The lowest BCUT2D eigenvalue weighted by Crippen LogP contribution is -2.29. The first-order chi connectivity index (χ1) is 8.63. The van der Waals surface area contributed by atoms with Crippen LogP contribution in [0.15, 0.2) is 18.5 Å². The van der Waals surface area contributed by atoms with Crippen molar-refractivity contribution in [2.75, 3.05) is 23.9 Å². The van der Waals surface area contributed by atoms with Crippen LogP contribution in [0.5, 0.6) is 0 Å². The molecule has 1 aromatic heterocycles. The van der Waals surface area contributed by atoms with Gasteiger partial charge in [0.05, 0.1) is 17.4 Å². The Morgan fingerprint density at radius 1 is 1.44 bits per heavy atom. The zero-order valence-corrected chi connectivity index (χ0v) is 10.8. The fourth-order valence-corrected chi connectivity index (χ4v) is 1.65. The highest BCUT2D eigenvalue weighted by Gasteiger charge is 2.06. The highest BCUT2D eigenvalue weighted by Crippen LogP contribution is 2.07. The van der Waals surface area contributed by atoms with Crippen LogP contribution in [-0.4, -0.2) is 40.6 Å². The van der Waals surface area contributed by atoms with Gasteiger partial charge < -0.3 is 15.7 Å². The highest BCUT2D eigenvalue weighted by molar-refractivity contribution is 7.98. The number of aromatic carboxylic acids is 1. The Kier molecular flexibility index (Phi) is 5.99. The molecule has 0 aromatic carbocycles. The zero-order chi connectivity index (χ0) is 13.4. The molecule has 18 heavy (non-hydrogen) atoms. The summed E-state index contributed by atoms with van der Waals surface area (Å²) in [5, 5.41) is 14.0. The number of nitrogens with one attached hydrogen (secondary N) is 2. The first-order valence-corrected chi connectivity index (χ1v) is 6.75. The van der Waals surface area contributed by atoms with Crippen molar-refractivity contribution in [3.63, 3.8) is 0 Å². The van der Waals surface area contributed by atoms with Crippen LogP contribution in [0, 0.1) is 0 Å². The van der Waals surface area contributed by atoms with Crippen molar-refractivity contribution < 1.29 is 14.7 Å². The molecule has 6 nitrogen and oxygen atoms in total. The van der Waals surface area contributed by atoms with Crippen LogP contribution in [0.1, 0.15) is 16.8 Å². The van der Waals surface area contributed by atoms with Crippen LogP contribution in [-0.2, 0) is 0 Å². The molecule has 1 aromatic rings. The van der Waals surface area contributed by atoms with Crippen molar-refractivity contribution in [1.82, 2.24) is 10.3 Å². The average Bonchev–Trinajstić information content (AvgIpc) is 2.35. The topological polar surface area (TPSA) is 91.3 Å². The number of carbonyl (C=O) groups is 2. The van der Waals surface area contributed by atoms with Crippen molar-refractivity contribution in [3.05, 3.63) is 24.0 Å². The molecule has 0 saturated heterocycles. The normalized spacial score (nSPS) is 9.83. The van der Waals surface area contributed by atoms with Crippen LogP contribution < -0.4 is 10.6 Å². The van der Waals surface area contributed by atoms with E-state index in [1.165, 1.54) is 18.5 Å². The number of anilines is 1. The molecule has 3 N–H and O–H groups in total. The molecular formula is C11H15N3O3S. The third-order valence-electron chi connectivity index (χ3n) is 2.05. The second-order valence-corrected chi connectivity index (χ2v) is 4.48. The lowest BCUT2D eigenvalue weighted by molar-refractivity contribution is 0.0696. The van der Waals surface area contributed by atoms with Gasteiger partial charge in [0.2, 0.25) is 0 Å². The Morgan fingerprint density at radius 2 is 2.22 bits per heavy atom. The van der Waals surface area contributed by atoms with Gasteiger partial charge in [-0.15, -0.1) is 0 Å². The monoisotopic (exact) mass is 269 g/mol. The number of carboxylic acid groups (broad SMARTS) is 1. The van der Waals surface area contributed by atoms with E-state index < -0.39 is 5.97 Å². The van der Waals surface area contributed by atoms with E-state index in [0.29, 0.717) is 12.2 Å². The highest BCUT2D eigenvalue weighted by atomic mass is 32.2. The molecule has 7 heteroatoms. The quantitative estimate of drug-likeness (QED) is 0.683. The number of amides is 2. The number of rotatable bonds is 6. The van der Waals surface area contributed by atoms with Crippen molar-refractivity contribution in [1.29, 1.82) is 0 Å². The molecule has 98 valence electrons. The summed E-state index contributed by atoms with van der Waals surface area (Å²) < 4.78 is 0. The zero-order valence-electron chi connectivity index (χ0n) is 9.97. The first kappa shape index (κ1) is 14.3. The fraction of sp³-hybridized carbons (Fsp3) is 0.364. The number of carbonyl (C=O) groups excluding carboxylic acids is 1. The molecule has 0 aliphatic heterocycles. The van der Waals surface area contributed by atoms with Crippen LogP contribution in [0.2, 0.25) is 0 Å². The third-order valence-corrected chi connectivity index (χ3v) is 2.75. The van der Waals surface area contributed by atoms with Gasteiger partial charge in [-0.05, 0) is 24.5 Å². The molecule has 0 atom stereocenters. The van der Waals surface area contributed by atoms with Gasteiger partial charge >= 0.3 is 12.0 Å². The fourth-order valence-electron chi connectivity index (χ4n) is 1.22. The Balaban J connectivity index is 2.44. The molecular weight excluding hydrogens is 254 g/mol. The van der Waals surface area contributed by atoms with E-state index in [1.54, 1.807) is 11.8 Å². The molecule has 0 aliphatic rings. The summed E-state index contributed by atoms with van der Waals surface area (Å²) in [6, 6.07) is 0.997. The van der Waals surface area contributed by atoms with Gasteiger partial charge in [-0.3, -0.25) is 4.98 Å². The van der Waals surface area contributed by atoms with Gasteiger partial charge in [0.1, 0.15) is 0 Å². The minimum Gasteiger partial charge on any atom is -0.478 e. The van der Waals surface area contributed by atoms with E-state index in [0.717, 1.165) is 12.2 Å². The number of pyridine rings is 1. The summed E-state index contributed by atoms with van der Waals surface area (Å²) in [5.41, 5.74) is 0.396. The first-order valence-electron chi connectivity index (χ1n) is 5.35. The van der Waals surface area contributed by atoms with E-state index in [1.807, 2.05) is 6.26 Å². The van der Waals surface area contributed by atoms with E-state index in [-0.39, 0.29) is 11.6 Å². The van der Waals surface area contributed by atoms with E-state index in [4.69, 9.17) is 5.11 Å². The van der Waals surface area contributed by atoms with Crippen LogP contribution in [0.4, 0.5) is 10.5 Å². The van der Waals surface area contributed by atoms with Gasteiger partial charge in [0.25, 0.3) is 0 Å². The van der Waals surface area contributed by atoms with Crippen molar-refractivity contribution in [2.24, 2.45) is 0 Å². The lowest BCUT2D eigenvalue weighted by atomic mass is 10.3. The number of carboxylic acids is 1. The number of hydrogen-bond donors (Lipinski definition) is 3. The maximum absolute atomic E-state index is 11.5. The Hall–Kier alpha value is -1.76. The summed E-state index contributed by atoms with van der Waals surface area (Å²) in [6.07, 6.45) is 5.52. The number of aromatic nitrogens is 1. The van der Waals surface area contributed by atoms with Crippen molar-refractivity contribution in [2.45, 2.75) is 6.42 Å². The summed E-state index contributed by atoms with van der Waals surface area (Å²) in [5.74, 6) is -0.0948. The van der Waals surface area contributed by atoms with Crippen LogP contribution >= 0.6 is 11.8 Å². The van der Waals surface area contributed by atoms with Gasteiger partial charge in [-0.25, -0.2) is 9.59 Å². The maximum Gasteiger partial charge on any atom is 0.337 e. The minimum atomic E-state index is -1.08. The van der Waals surface area contributed by atoms with E-state index >= 15 is 0 Å². The number of thioether (sulfide) groups is 1. The smallest absolute Gasteiger partial charge is 0.337 e. The standard InChI is InChI=1S/C11H15N3O3S/c1-18-4-2-3-13-11(17)14-9-5-8(10(15)16)6-12-7-9/h5-7H,2-4H2,1H3,(H,15,16)(H2,13,14,17). The molecule has 0 bridgehead atoms. The van der Waals surface area contributed by atoms with Gasteiger partial charge in [-0.2, -0.15) is 11.8 Å². The molecule has 1 heterocycles. The summed E-state index contributed by atoms with van der Waals surface area (Å²) in [4.78, 5) is 25.9. The molecule has 0 fully saturated rings. The molecule has 1 rings (SSSR count). The maximum atomic E-state index is 11.5. The van der Waals surface area contributed by atoms with Gasteiger partial charge in [0.15, 0.2) is 0 Å². The second-order valence-electron chi connectivity index (χ2n) is 3.49. The van der Waals surface area contributed by atoms with E-state index in [2.05, 4.69) is 15.6 Å². The summed E-state index contributed by atoms with van der Waals surface area (Å²) in [6.45, 7) is 0.582. The van der Waals surface area contributed by atoms with E-state index in [9.17, 15) is 9.59 Å². The Labute approximate surface area is 109 Å². The largest absolute Gasteiger partial charge is 0.478 e. The molecule has 0 saturated carbocycles. The molecule has 0 unspecified atom stereocenters. The predicted molar refractivity (Wildman–Crippen MR) is 71.2 cm³/mol. The molecule has 0 aliphatic carbocycles. The Bertz CT molecular complexity index is 426. The number of hydrogen-bond acceptors (Lipinski definition) is 4. The predicted octanol–water partition coefficient (Wildman–Crippen LogP) is 1.65. The van der Waals surface area contributed by atoms with Crippen molar-refractivity contribution in [3.8, 4) is 0 Å². The van der Waals surface area contributed by atoms with Crippen molar-refractivity contribution >= 4 is 29.4 Å². The van der Waals surface area contributed by atoms with Gasteiger partial charge in [-0.1, -0.05) is 0 Å². The molecule has 0 radical (unpaired) electrons. The average molecular weight is 269 g/mol. The van der Waals surface area contributed by atoms with Crippen LogP contribution in [0.25, 0.3) is 0 Å². The third kappa shape index (κ3) is 5.05.